The highest BCUT2D eigenvalue weighted by molar-refractivity contribution is 5.86. The average Bonchev–Trinajstić information content (AvgIpc) is 2.88. The van der Waals surface area contributed by atoms with Gasteiger partial charge >= 0.3 is 6.03 Å². The molecule has 172 valence electrons. The Bertz CT molecular complexity index is 1090. The molecule has 0 bridgehead atoms. The normalized spacial score (nSPS) is 17.8. The summed E-state index contributed by atoms with van der Waals surface area (Å²) in [7, 11) is 0. The number of hydrogen-bond donors (Lipinski definition) is 2. The molecule has 5 rings (SSSR count). The smallest absolute Gasteiger partial charge is 0.317 e. The summed E-state index contributed by atoms with van der Waals surface area (Å²) in [5, 5.41) is 9.12. The zero-order chi connectivity index (χ0) is 22.5. The zero-order valence-electron chi connectivity index (χ0n) is 19.2. The van der Waals surface area contributed by atoms with Crippen LogP contribution in [-0.4, -0.2) is 46.6 Å². The average molecular weight is 444 g/mol. The van der Waals surface area contributed by atoms with E-state index in [1.54, 1.807) is 0 Å². The molecule has 1 aromatic heterocycles. The number of nitrogens with zero attached hydrogens (tertiary/aromatic N) is 3. The summed E-state index contributed by atoms with van der Waals surface area (Å²) in [4.78, 5) is 23.7. The van der Waals surface area contributed by atoms with Crippen molar-refractivity contribution in [2.45, 2.75) is 51.0 Å². The van der Waals surface area contributed by atoms with Gasteiger partial charge in [0.05, 0.1) is 5.69 Å². The lowest BCUT2D eigenvalue weighted by molar-refractivity contribution is 0.166. The SMILES string of the molecule is O=C(NC1CCCCC1)N1CCC(CNc2nccc(-c3ccc4ccccc4c3)n2)CC1. The number of fused-ring (bicyclic) bond motifs is 1. The molecule has 0 unspecified atom stereocenters. The van der Waals surface area contributed by atoms with Crippen molar-refractivity contribution >= 4 is 22.8 Å². The summed E-state index contributed by atoms with van der Waals surface area (Å²) < 4.78 is 0. The van der Waals surface area contributed by atoms with Crippen LogP contribution in [0.4, 0.5) is 10.7 Å². The van der Waals surface area contributed by atoms with E-state index in [0.717, 1.165) is 56.6 Å². The molecule has 1 aliphatic heterocycles. The van der Waals surface area contributed by atoms with Gasteiger partial charge in [-0.05, 0) is 54.5 Å². The summed E-state index contributed by atoms with van der Waals surface area (Å²) in [6, 6.07) is 17.2. The molecule has 2 fully saturated rings. The third-order valence-corrected chi connectivity index (χ3v) is 7.08. The first-order valence-electron chi connectivity index (χ1n) is 12.4. The van der Waals surface area contributed by atoms with Crippen molar-refractivity contribution in [3.05, 3.63) is 54.7 Å². The molecule has 6 heteroatoms. The Morgan fingerprint density at radius 3 is 2.55 bits per heavy atom. The Hall–Kier alpha value is -3.15. The van der Waals surface area contributed by atoms with Crippen LogP contribution in [0, 0.1) is 5.92 Å². The van der Waals surface area contributed by atoms with Crippen LogP contribution in [0.3, 0.4) is 0 Å². The first-order chi connectivity index (χ1) is 16.2. The molecule has 0 radical (unpaired) electrons. The van der Waals surface area contributed by atoms with Crippen molar-refractivity contribution in [3.8, 4) is 11.3 Å². The predicted molar refractivity (Wildman–Crippen MR) is 133 cm³/mol. The number of rotatable bonds is 5. The molecule has 0 spiro atoms. The fraction of sp³-hybridized carbons (Fsp3) is 0.444. The molecule has 1 aliphatic carbocycles. The Balaban J connectivity index is 1.13. The number of urea groups is 1. The van der Waals surface area contributed by atoms with Gasteiger partial charge in [0.2, 0.25) is 5.95 Å². The summed E-state index contributed by atoms with van der Waals surface area (Å²) in [6.07, 6.45) is 9.88. The minimum Gasteiger partial charge on any atom is -0.354 e. The number of nitrogens with one attached hydrogen (secondary N) is 2. The number of benzene rings is 2. The Kier molecular flexibility index (Phi) is 6.70. The molecule has 2 amide bonds. The molecule has 1 saturated heterocycles. The first kappa shape index (κ1) is 21.7. The van der Waals surface area contributed by atoms with Gasteiger partial charge in [0.1, 0.15) is 0 Å². The Morgan fingerprint density at radius 2 is 1.73 bits per heavy atom. The second kappa shape index (κ2) is 10.2. The lowest BCUT2D eigenvalue weighted by Gasteiger charge is -2.34. The third kappa shape index (κ3) is 5.44. The topological polar surface area (TPSA) is 70.2 Å². The quantitative estimate of drug-likeness (QED) is 0.549. The van der Waals surface area contributed by atoms with Crippen molar-refractivity contribution in [3.63, 3.8) is 0 Å². The van der Waals surface area contributed by atoms with E-state index in [1.165, 1.54) is 30.0 Å². The van der Waals surface area contributed by atoms with Crippen molar-refractivity contribution in [2.75, 3.05) is 25.0 Å². The number of carbonyl (C=O) groups excluding carboxylic acids is 1. The molecule has 1 saturated carbocycles. The second-order valence-corrected chi connectivity index (χ2v) is 9.42. The van der Waals surface area contributed by atoms with Crippen molar-refractivity contribution in [2.24, 2.45) is 5.92 Å². The Labute approximate surface area is 195 Å². The highest BCUT2D eigenvalue weighted by atomic mass is 16.2. The largest absolute Gasteiger partial charge is 0.354 e. The van der Waals surface area contributed by atoms with E-state index < -0.39 is 0 Å². The minimum atomic E-state index is 0.125. The monoisotopic (exact) mass is 443 g/mol. The summed E-state index contributed by atoms with van der Waals surface area (Å²) >= 11 is 0. The van der Waals surface area contributed by atoms with Gasteiger partial charge in [-0.3, -0.25) is 0 Å². The van der Waals surface area contributed by atoms with Crippen molar-refractivity contribution < 1.29 is 4.79 Å². The number of amides is 2. The number of aromatic nitrogens is 2. The van der Waals surface area contributed by atoms with Crippen LogP contribution >= 0.6 is 0 Å². The molecular weight excluding hydrogens is 410 g/mol. The fourth-order valence-electron chi connectivity index (χ4n) is 5.04. The van der Waals surface area contributed by atoms with Crippen LogP contribution in [0.2, 0.25) is 0 Å². The van der Waals surface area contributed by atoms with E-state index in [0.29, 0.717) is 17.9 Å². The maximum Gasteiger partial charge on any atom is 0.317 e. The Morgan fingerprint density at radius 1 is 0.939 bits per heavy atom. The first-order valence-corrected chi connectivity index (χ1v) is 12.4. The van der Waals surface area contributed by atoms with E-state index in [9.17, 15) is 4.79 Å². The van der Waals surface area contributed by atoms with Crippen molar-refractivity contribution in [1.29, 1.82) is 0 Å². The molecular formula is C27H33N5O. The van der Waals surface area contributed by atoms with Gasteiger partial charge < -0.3 is 15.5 Å². The van der Waals surface area contributed by atoms with Gasteiger partial charge in [0.15, 0.2) is 0 Å². The van der Waals surface area contributed by atoms with Crippen LogP contribution in [0.5, 0.6) is 0 Å². The number of carbonyl (C=O) groups is 1. The molecule has 0 atom stereocenters. The number of piperidine rings is 1. The molecule has 2 N–H and O–H groups in total. The standard InChI is InChI=1S/C27H33N5O/c33-27(30-24-8-2-1-3-9-24)32-16-13-20(14-17-32)19-29-26-28-15-12-25(31-26)23-11-10-21-6-4-5-7-22(21)18-23/h4-7,10-12,15,18,20,24H,1-3,8-9,13-14,16-17,19H2,(H,30,33)(H,28,29,31). The molecule has 6 nitrogen and oxygen atoms in total. The summed E-state index contributed by atoms with van der Waals surface area (Å²) in [6.45, 7) is 2.48. The molecule has 3 aromatic rings. The minimum absolute atomic E-state index is 0.125. The molecule has 2 aliphatic rings. The van der Waals surface area contributed by atoms with Gasteiger partial charge in [-0.2, -0.15) is 0 Å². The van der Waals surface area contributed by atoms with E-state index in [4.69, 9.17) is 4.98 Å². The molecule has 33 heavy (non-hydrogen) atoms. The van der Waals surface area contributed by atoms with Gasteiger partial charge in [-0.1, -0.05) is 55.7 Å². The molecule has 2 heterocycles. The zero-order valence-corrected chi connectivity index (χ0v) is 19.2. The van der Waals surface area contributed by atoms with Crippen LogP contribution in [0.25, 0.3) is 22.0 Å². The molecule has 2 aromatic carbocycles. The van der Waals surface area contributed by atoms with Gasteiger partial charge in [0, 0.05) is 37.4 Å². The highest BCUT2D eigenvalue weighted by Crippen LogP contribution is 2.24. The van der Waals surface area contributed by atoms with Crippen LogP contribution in [0.1, 0.15) is 44.9 Å². The maximum absolute atomic E-state index is 12.6. The van der Waals surface area contributed by atoms with Gasteiger partial charge in [-0.25, -0.2) is 14.8 Å². The number of anilines is 1. The van der Waals surface area contributed by atoms with Crippen molar-refractivity contribution in [1.82, 2.24) is 20.2 Å². The van der Waals surface area contributed by atoms with E-state index in [-0.39, 0.29) is 6.03 Å². The van der Waals surface area contributed by atoms with E-state index in [1.807, 2.05) is 17.2 Å². The van der Waals surface area contributed by atoms with Gasteiger partial charge in [-0.15, -0.1) is 0 Å². The maximum atomic E-state index is 12.6. The predicted octanol–water partition coefficient (Wildman–Crippen LogP) is 5.46. The summed E-state index contributed by atoms with van der Waals surface area (Å²) in [5.41, 5.74) is 2.02. The van der Waals surface area contributed by atoms with Crippen LogP contribution < -0.4 is 10.6 Å². The van der Waals surface area contributed by atoms with Crippen LogP contribution in [-0.2, 0) is 0 Å². The van der Waals surface area contributed by atoms with Gasteiger partial charge in [0.25, 0.3) is 0 Å². The van der Waals surface area contributed by atoms with E-state index >= 15 is 0 Å². The number of hydrogen-bond acceptors (Lipinski definition) is 4. The fourth-order valence-corrected chi connectivity index (χ4v) is 5.04. The lowest BCUT2D eigenvalue weighted by Crippen LogP contribution is -2.48. The second-order valence-electron chi connectivity index (χ2n) is 9.42. The summed E-state index contributed by atoms with van der Waals surface area (Å²) in [5.74, 6) is 1.19. The number of likely N-dealkylation sites (tertiary alicyclic amines) is 1. The third-order valence-electron chi connectivity index (χ3n) is 7.08. The lowest BCUT2D eigenvalue weighted by atomic mass is 9.95. The van der Waals surface area contributed by atoms with Crippen LogP contribution in [0.15, 0.2) is 54.7 Å². The highest BCUT2D eigenvalue weighted by Gasteiger charge is 2.25. The van der Waals surface area contributed by atoms with E-state index in [2.05, 4.69) is 58.1 Å².